The molecule has 6 nitrogen and oxygen atoms in total. The molecule has 2 heterocycles. The molecule has 1 amide bonds. The van der Waals surface area contributed by atoms with Gasteiger partial charge in [0.05, 0.1) is 6.54 Å². The topological polar surface area (TPSA) is 58.6 Å². The fourth-order valence-electron chi connectivity index (χ4n) is 2.62. The Bertz CT molecular complexity index is 441. The van der Waals surface area contributed by atoms with Crippen LogP contribution in [-0.4, -0.2) is 65.6 Å². The van der Waals surface area contributed by atoms with Crippen LogP contribution < -0.4 is 0 Å². The maximum atomic E-state index is 12.1. The van der Waals surface area contributed by atoms with Crippen molar-refractivity contribution >= 4 is 5.91 Å². The van der Waals surface area contributed by atoms with Crippen LogP contribution in [0.15, 0.2) is 18.5 Å². The first-order valence-electron chi connectivity index (χ1n) is 7.43. The molecule has 1 atom stereocenters. The standard InChI is InChI=1S/C15H24N4O2/c1-18(12-14-16-7-4-8-17-14)13-6-9-19(11-13)15(20)5-3-10-21-2/h4,7-8,13H,3,5-6,9-12H2,1-2H3/t13-/m0/s1. The zero-order chi connectivity index (χ0) is 15.1. The molecule has 0 saturated carbocycles. The zero-order valence-electron chi connectivity index (χ0n) is 12.9. The Hall–Kier alpha value is -1.53. The molecule has 2 rings (SSSR count). The third-order valence-electron chi connectivity index (χ3n) is 3.89. The predicted molar refractivity (Wildman–Crippen MR) is 79.6 cm³/mol. The van der Waals surface area contributed by atoms with E-state index in [2.05, 4.69) is 21.9 Å². The summed E-state index contributed by atoms with van der Waals surface area (Å²) in [5.41, 5.74) is 0. The number of hydrogen-bond acceptors (Lipinski definition) is 5. The first-order chi connectivity index (χ1) is 10.2. The molecule has 6 heteroatoms. The van der Waals surface area contributed by atoms with Crippen LogP contribution in [0.4, 0.5) is 0 Å². The first kappa shape index (κ1) is 15.9. The molecule has 1 aliphatic rings. The third-order valence-corrected chi connectivity index (χ3v) is 3.89. The molecule has 0 radical (unpaired) electrons. The van der Waals surface area contributed by atoms with Gasteiger partial charge in [0.25, 0.3) is 0 Å². The van der Waals surface area contributed by atoms with Crippen molar-refractivity contribution in [3.63, 3.8) is 0 Å². The van der Waals surface area contributed by atoms with Crippen molar-refractivity contribution in [1.82, 2.24) is 19.8 Å². The van der Waals surface area contributed by atoms with E-state index in [-0.39, 0.29) is 5.91 Å². The highest BCUT2D eigenvalue weighted by Gasteiger charge is 2.28. The molecule has 1 aliphatic heterocycles. The van der Waals surface area contributed by atoms with Gasteiger partial charge < -0.3 is 9.64 Å². The number of likely N-dealkylation sites (N-methyl/N-ethyl adjacent to an activating group) is 1. The van der Waals surface area contributed by atoms with Gasteiger partial charge in [0.2, 0.25) is 5.91 Å². The molecule has 1 aromatic heterocycles. The summed E-state index contributed by atoms with van der Waals surface area (Å²) in [6.07, 6.45) is 5.91. The van der Waals surface area contributed by atoms with E-state index in [1.165, 1.54) is 0 Å². The lowest BCUT2D eigenvalue weighted by Crippen LogP contribution is -2.36. The van der Waals surface area contributed by atoms with Crippen molar-refractivity contribution in [2.24, 2.45) is 0 Å². The SMILES string of the molecule is COCCCC(=O)N1CC[C@H](N(C)Cc2ncccn2)C1. The number of likely N-dealkylation sites (tertiary alicyclic amines) is 1. The van der Waals surface area contributed by atoms with Gasteiger partial charge in [0.15, 0.2) is 0 Å². The lowest BCUT2D eigenvalue weighted by Gasteiger charge is -2.24. The van der Waals surface area contributed by atoms with Gasteiger partial charge in [-0.3, -0.25) is 9.69 Å². The summed E-state index contributed by atoms with van der Waals surface area (Å²) in [7, 11) is 3.73. The zero-order valence-corrected chi connectivity index (χ0v) is 12.9. The Morgan fingerprint density at radius 2 is 2.24 bits per heavy atom. The van der Waals surface area contributed by atoms with Crippen LogP contribution in [-0.2, 0) is 16.1 Å². The molecule has 1 fully saturated rings. The van der Waals surface area contributed by atoms with Gasteiger partial charge in [-0.25, -0.2) is 9.97 Å². The van der Waals surface area contributed by atoms with Crippen molar-refractivity contribution in [3.8, 4) is 0 Å². The molecule has 0 bridgehead atoms. The summed E-state index contributed by atoms with van der Waals surface area (Å²) in [5.74, 6) is 1.06. The smallest absolute Gasteiger partial charge is 0.222 e. The molecule has 0 spiro atoms. The van der Waals surface area contributed by atoms with E-state index in [1.807, 2.05) is 11.0 Å². The van der Waals surface area contributed by atoms with Crippen LogP contribution in [0.2, 0.25) is 0 Å². The average molecular weight is 292 g/mol. The summed E-state index contributed by atoms with van der Waals surface area (Å²) in [4.78, 5) is 24.8. The summed E-state index contributed by atoms with van der Waals surface area (Å²) >= 11 is 0. The van der Waals surface area contributed by atoms with Crippen molar-refractivity contribution in [1.29, 1.82) is 0 Å². The lowest BCUT2D eigenvalue weighted by molar-refractivity contribution is -0.130. The van der Waals surface area contributed by atoms with E-state index in [0.717, 1.165) is 38.3 Å². The van der Waals surface area contributed by atoms with Gasteiger partial charge in [-0.05, 0) is 26.0 Å². The molecule has 0 unspecified atom stereocenters. The number of hydrogen-bond donors (Lipinski definition) is 0. The van der Waals surface area contributed by atoms with Crippen LogP contribution in [0.3, 0.4) is 0 Å². The minimum Gasteiger partial charge on any atom is -0.385 e. The molecule has 21 heavy (non-hydrogen) atoms. The minimum absolute atomic E-state index is 0.235. The molecule has 1 aromatic rings. The van der Waals surface area contributed by atoms with Crippen LogP contribution in [0.5, 0.6) is 0 Å². The predicted octanol–water partition coefficient (Wildman–Crippen LogP) is 0.936. The van der Waals surface area contributed by atoms with Crippen LogP contribution >= 0.6 is 0 Å². The van der Waals surface area contributed by atoms with Crippen LogP contribution in [0.1, 0.15) is 25.1 Å². The van der Waals surface area contributed by atoms with E-state index in [0.29, 0.717) is 19.1 Å². The van der Waals surface area contributed by atoms with Crippen molar-refractivity contribution in [2.45, 2.75) is 31.8 Å². The number of methoxy groups -OCH3 is 1. The highest BCUT2D eigenvalue weighted by molar-refractivity contribution is 5.76. The Morgan fingerprint density at radius 1 is 1.48 bits per heavy atom. The Balaban J connectivity index is 1.77. The van der Waals surface area contributed by atoms with Crippen molar-refractivity contribution < 1.29 is 9.53 Å². The summed E-state index contributed by atoms with van der Waals surface area (Å²) in [5, 5.41) is 0. The summed E-state index contributed by atoms with van der Waals surface area (Å²) < 4.78 is 4.99. The number of amides is 1. The highest BCUT2D eigenvalue weighted by atomic mass is 16.5. The van der Waals surface area contributed by atoms with Crippen molar-refractivity contribution in [3.05, 3.63) is 24.3 Å². The number of carbonyl (C=O) groups is 1. The van der Waals surface area contributed by atoms with Gasteiger partial charge in [-0.15, -0.1) is 0 Å². The second kappa shape index (κ2) is 8.05. The Labute approximate surface area is 126 Å². The maximum Gasteiger partial charge on any atom is 0.222 e. The number of ether oxygens (including phenoxy) is 1. The molecule has 1 saturated heterocycles. The van der Waals surface area contributed by atoms with Crippen molar-refractivity contribution in [2.75, 3.05) is 33.9 Å². The van der Waals surface area contributed by atoms with E-state index in [9.17, 15) is 4.79 Å². The lowest BCUT2D eigenvalue weighted by atomic mass is 10.2. The number of nitrogens with zero attached hydrogens (tertiary/aromatic N) is 4. The Morgan fingerprint density at radius 3 is 2.95 bits per heavy atom. The first-order valence-corrected chi connectivity index (χ1v) is 7.43. The average Bonchev–Trinajstić information content (AvgIpc) is 2.98. The van der Waals surface area contributed by atoms with Gasteiger partial charge in [0, 0.05) is 51.7 Å². The molecule has 0 aromatic carbocycles. The van der Waals surface area contributed by atoms with Gasteiger partial charge in [0.1, 0.15) is 5.82 Å². The number of aromatic nitrogens is 2. The fraction of sp³-hybridized carbons (Fsp3) is 0.667. The fourth-order valence-corrected chi connectivity index (χ4v) is 2.62. The molecule has 0 N–H and O–H groups in total. The van der Waals surface area contributed by atoms with Gasteiger partial charge in [-0.2, -0.15) is 0 Å². The normalized spacial score (nSPS) is 18.4. The van der Waals surface area contributed by atoms with E-state index >= 15 is 0 Å². The van der Waals surface area contributed by atoms with Gasteiger partial charge >= 0.3 is 0 Å². The van der Waals surface area contributed by atoms with Crippen LogP contribution in [0, 0.1) is 0 Å². The molecular formula is C15H24N4O2. The minimum atomic E-state index is 0.235. The Kier molecular flexibility index (Phi) is 6.07. The second-order valence-electron chi connectivity index (χ2n) is 5.46. The third kappa shape index (κ3) is 4.75. The summed E-state index contributed by atoms with van der Waals surface area (Å²) in [6.45, 7) is 3.01. The number of carbonyl (C=O) groups excluding carboxylic acids is 1. The maximum absolute atomic E-state index is 12.1. The van der Waals surface area contributed by atoms with E-state index in [1.54, 1.807) is 19.5 Å². The van der Waals surface area contributed by atoms with Crippen LogP contribution in [0.25, 0.3) is 0 Å². The largest absolute Gasteiger partial charge is 0.385 e. The second-order valence-corrected chi connectivity index (χ2v) is 5.46. The quantitative estimate of drug-likeness (QED) is 0.700. The highest BCUT2D eigenvalue weighted by Crippen LogP contribution is 2.17. The van der Waals surface area contributed by atoms with Gasteiger partial charge in [-0.1, -0.05) is 0 Å². The molecule has 0 aliphatic carbocycles. The molecular weight excluding hydrogens is 268 g/mol. The summed E-state index contributed by atoms with van der Waals surface area (Å²) in [6, 6.07) is 2.21. The van der Waals surface area contributed by atoms with E-state index in [4.69, 9.17) is 4.74 Å². The monoisotopic (exact) mass is 292 g/mol. The van der Waals surface area contributed by atoms with E-state index < -0.39 is 0 Å². The number of rotatable bonds is 7. The molecule has 116 valence electrons.